The minimum atomic E-state index is 0.737. The fraction of sp³-hybridized carbons (Fsp3) is 0.769. The third-order valence-electron chi connectivity index (χ3n) is 3.23. The van der Waals surface area contributed by atoms with Crippen LogP contribution in [0.1, 0.15) is 29.3 Å². The molecule has 1 heterocycles. The summed E-state index contributed by atoms with van der Waals surface area (Å²) in [7, 11) is 8.36. The van der Waals surface area contributed by atoms with Crippen LogP contribution < -0.4 is 10.2 Å². The first kappa shape index (κ1) is 13.8. The Bertz CT molecular complexity index is 384. The molecular formula is C13H24N4S. The van der Waals surface area contributed by atoms with Gasteiger partial charge in [0.25, 0.3) is 0 Å². The Hall–Kier alpha value is -0.650. The first-order chi connectivity index (χ1) is 8.61. The van der Waals surface area contributed by atoms with E-state index in [1.807, 2.05) is 18.4 Å². The molecule has 1 aliphatic rings. The van der Waals surface area contributed by atoms with E-state index in [1.54, 1.807) is 0 Å². The van der Waals surface area contributed by atoms with Gasteiger partial charge in [-0.2, -0.15) is 0 Å². The second-order valence-corrected chi connectivity index (χ2v) is 6.40. The van der Waals surface area contributed by atoms with Crippen molar-refractivity contribution in [3.8, 4) is 0 Å². The van der Waals surface area contributed by atoms with E-state index in [-0.39, 0.29) is 0 Å². The highest BCUT2D eigenvalue weighted by Gasteiger charge is 2.29. The quantitative estimate of drug-likeness (QED) is 0.816. The predicted octanol–water partition coefficient (Wildman–Crippen LogP) is 1.74. The van der Waals surface area contributed by atoms with Crippen LogP contribution >= 0.6 is 11.3 Å². The molecule has 0 unspecified atom stereocenters. The standard InChI is InChI=1S/C13H24N4S/c1-14-9-11-12(10-5-6-10)15-13(18-11)17(4)8-7-16(2)3/h10,14H,5-9H2,1-4H3. The minimum absolute atomic E-state index is 0.737. The maximum Gasteiger partial charge on any atom is 0.185 e. The molecule has 0 aliphatic heterocycles. The minimum Gasteiger partial charge on any atom is -0.350 e. The van der Waals surface area contributed by atoms with Crippen molar-refractivity contribution in [1.29, 1.82) is 0 Å². The Kier molecular flexibility index (Phi) is 4.59. The van der Waals surface area contributed by atoms with Gasteiger partial charge in [0, 0.05) is 37.5 Å². The van der Waals surface area contributed by atoms with Crippen LogP contribution in [-0.2, 0) is 6.54 Å². The molecule has 18 heavy (non-hydrogen) atoms. The normalized spacial score (nSPS) is 15.4. The van der Waals surface area contributed by atoms with Gasteiger partial charge < -0.3 is 15.1 Å². The molecule has 1 saturated carbocycles. The lowest BCUT2D eigenvalue weighted by atomic mass is 10.2. The number of nitrogens with zero attached hydrogens (tertiary/aromatic N) is 3. The van der Waals surface area contributed by atoms with Crippen molar-refractivity contribution >= 4 is 16.5 Å². The van der Waals surface area contributed by atoms with Gasteiger partial charge in [0.05, 0.1) is 5.69 Å². The molecule has 1 aromatic heterocycles. The van der Waals surface area contributed by atoms with E-state index < -0.39 is 0 Å². The number of nitrogens with one attached hydrogen (secondary N) is 1. The molecule has 1 N–H and O–H groups in total. The molecule has 1 aliphatic carbocycles. The maximum atomic E-state index is 4.85. The van der Waals surface area contributed by atoms with Crippen LogP contribution in [-0.4, -0.2) is 51.2 Å². The largest absolute Gasteiger partial charge is 0.350 e. The summed E-state index contributed by atoms with van der Waals surface area (Å²) in [6, 6.07) is 0. The van der Waals surface area contributed by atoms with Gasteiger partial charge in [-0.05, 0) is 34.0 Å². The molecule has 0 amide bonds. The van der Waals surface area contributed by atoms with Gasteiger partial charge in [0.1, 0.15) is 0 Å². The molecule has 1 fully saturated rings. The van der Waals surface area contributed by atoms with Crippen LogP contribution in [0.3, 0.4) is 0 Å². The number of aromatic nitrogens is 1. The molecule has 4 nitrogen and oxygen atoms in total. The predicted molar refractivity (Wildman–Crippen MR) is 78.7 cm³/mol. The molecule has 0 spiro atoms. The summed E-state index contributed by atoms with van der Waals surface area (Å²) in [4.78, 5) is 10.8. The molecule has 5 heteroatoms. The first-order valence-electron chi connectivity index (χ1n) is 6.62. The molecular weight excluding hydrogens is 244 g/mol. The summed E-state index contributed by atoms with van der Waals surface area (Å²) in [6.07, 6.45) is 2.64. The van der Waals surface area contributed by atoms with Crippen LogP contribution in [0.15, 0.2) is 0 Å². The van der Waals surface area contributed by atoms with E-state index in [2.05, 4.69) is 36.3 Å². The monoisotopic (exact) mass is 268 g/mol. The second kappa shape index (κ2) is 5.99. The molecule has 1 aromatic rings. The van der Waals surface area contributed by atoms with Crippen LogP contribution in [0.4, 0.5) is 5.13 Å². The van der Waals surface area contributed by atoms with Crippen molar-refractivity contribution in [3.05, 3.63) is 10.6 Å². The third kappa shape index (κ3) is 3.43. The fourth-order valence-electron chi connectivity index (χ4n) is 1.92. The van der Waals surface area contributed by atoms with E-state index >= 15 is 0 Å². The smallest absolute Gasteiger partial charge is 0.185 e. The van der Waals surface area contributed by atoms with Crippen molar-refractivity contribution in [3.63, 3.8) is 0 Å². The molecule has 102 valence electrons. The Morgan fingerprint density at radius 3 is 2.56 bits per heavy atom. The van der Waals surface area contributed by atoms with Gasteiger partial charge in [0.2, 0.25) is 0 Å². The number of anilines is 1. The summed E-state index contributed by atoms with van der Waals surface area (Å²) >= 11 is 1.85. The van der Waals surface area contributed by atoms with Crippen LogP contribution in [0.2, 0.25) is 0 Å². The van der Waals surface area contributed by atoms with Gasteiger partial charge in [0.15, 0.2) is 5.13 Å². The second-order valence-electron chi connectivity index (χ2n) is 5.33. The van der Waals surface area contributed by atoms with Crippen LogP contribution in [0, 0.1) is 0 Å². The zero-order valence-corrected chi connectivity index (χ0v) is 12.7. The van der Waals surface area contributed by atoms with E-state index in [9.17, 15) is 0 Å². The zero-order valence-electron chi connectivity index (χ0n) is 11.9. The summed E-state index contributed by atoms with van der Waals surface area (Å²) in [6.45, 7) is 3.05. The van der Waals surface area contributed by atoms with Crippen LogP contribution in [0.25, 0.3) is 0 Å². The van der Waals surface area contributed by atoms with E-state index in [4.69, 9.17) is 4.98 Å². The molecule has 0 aromatic carbocycles. The highest BCUT2D eigenvalue weighted by atomic mass is 32.1. The molecule has 0 radical (unpaired) electrons. The molecule has 0 saturated heterocycles. The van der Waals surface area contributed by atoms with E-state index in [0.717, 1.165) is 25.6 Å². The molecule has 0 bridgehead atoms. The van der Waals surface area contributed by atoms with Crippen molar-refractivity contribution in [1.82, 2.24) is 15.2 Å². The SMILES string of the molecule is CNCc1sc(N(C)CCN(C)C)nc1C1CC1. The summed E-state index contributed by atoms with van der Waals surface area (Å²) in [5.74, 6) is 0.737. The third-order valence-corrected chi connectivity index (χ3v) is 4.41. The summed E-state index contributed by atoms with van der Waals surface area (Å²) < 4.78 is 0. The summed E-state index contributed by atoms with van der Waals surface area (Å²) in [5.41, 5.74) is 1.35. The van der Waals surface area contributed by atoms with Gasteiger partial charge in [-0.25, -0.2) is 4.98 Å². The van der Waals surface area contributed by atoms with Crippen molar-refractivity contribution < 1.29 is 0 Å². The van der Waals surface area contributed by atoms with E-state index in [1.165, 1.54) is 28.5 Å². The highest BCUT2D eigenvalue weighted by Crippen LogP contribution is 2.44. The lowest BCUT2D eigenvalue weighted by Gasteiger charge is -2.18. The first-order valence-corrected chi connectivity index (χ1v) is 7.43. The van der Waals surface area contributed by atoms with Crippen molar-refractivity contribution in [2.24, 2.45) is 0 Å². The topological polar surface area (TPSA) is 31.4 Å². The Morgan fingerprint density at radius 2 is 2.00 bits per heavy atom. The highest BCUT2D eigenvalue weighted by molar-refractivity contribution is 7.15. The fourth-order valence-corrected chi connectivity index (χ4v) is 3.07. The van der Waals surface area contributed by atoms with Crippen molar-refractivity contribution in [2.75, 3.05) is 46.2 Å². The lowest BCUT2D eigenvalue weighted by molar-refractivity contribution is 0.416. The average molecular weight is 268 g/mol. The van der Waals surface area contributed by atoms with Gasteiger partial charge in [-0.15, -0.1) is 11.3 Å². The Balaban J connectivity index is 2.05. The van der Waals surface area contributed by atoms with Crippen molar-refractivity contribution in [2.45, 2.75) is 25.3 Å². The van der Waals surface area contributed by atoms with E-state index in [0.29, 0.717) is 0 Å². The lowest BCUT2D eigenvalue weighted by Crippen LogP contribution is -2.28. The maximum absolute atomic E-state index is 4.85. The average Bonchev–Trinajstić information content (AvgIpc) is 3.08. The number of rotatable bonds is 7. The van der Waals surface area contributed by atoms with Gasteiger partial charge in [-0.3, -0.25) is 0 Å². The Labute approximate surface area is 114 Å². The van der Waals surface area contributed by atoms with Crippen LogP contribution in [0.5, 0.6) is 0 Å². The zero-order chi connectivity index (χ0) is 13.1. The molecule has 0 atom stereocenters. The number of likely N-dealkylation sites (N-methyl/N-ethyl adjacent to an activating group) is 2. The molecule has 2 rings (SSSR count). The number of hydrogen-bond acceptors (Lipinski definition) is 5. The van der Waals surface area contributed by atoms with Gasteiger partial charge >= 0.3 is 0 Å². The van der Waals surface area contributed by atoms with Gasteiger partial charge in [-0.1, -0.05) is 0 Å². The number of hydrogen-bond donors (Lipinski definition) is 1. The summed E-state index contributed by atoms with van der Waals surface area (Å²) in [5, 5.41) is 4.42. The number of thiazole rings is 1. The Morgan fingerprint density at radius 1 is 1.28 bits per heavy atom.